The smallest absolute Gasteiger partial charge is 0.410 e. The number of hydrogen-bond acceptors (Lipinski definition) is 5. The fourth-order valence-electron chi connectivity index (χ4n) is 2.47. The van der Waals surface area contributed by atoms with E-state index in [1.165, 1.54) is 16.0 Å². The number of anilines is 1. The Kier molecular flexibility index (Phi) is 5.02. The Balaban J connectivity index is 1.96. The fourth-order valence-corrected chi connectivity index (χ4v) is 2.47. The average molecular weight is 339 g/mol. The lowest BCUT2D eigenvalue weighted by molar-refractivity contribution is 0.0269. The van der Waals surface area contributed by atoms with Crippen LogP contribution in [0.1, 0.15) is 20.8 Å². The maximum atomic E-state index is 12.3. The number of hydrogen-bond donors (Lipinski definition) is 2. The van der Waals surface area contributed by atoms with Crippen LogP contribution in [0.3, 0.4) is 0 Å². The number of amides is 3. The summed E-state index contributed by atoms with van der Waals surface area (Å²) in [4.78, 5) is 27.2. The summed E-state index contributed by atoms with van der Waals surface area (Å²) in [6.45, 7) is 5.68. The number of carbonyl (C=O) groups excluding carboxylic acids is 2. The highest BCUT2D eigenvalue weighted by Crippen LogP contribution is 2.19. The van der Waals surface area contributed by atoms with E-state index in [0.717, 1.165) is 0 Å². The SMILES string of the molecule is CN(C(=O)Nc1cnn(C)c1)[C@@H]1CN(C(=O)OC(C)(C)C)C[C@H]1O. The third-order valence-corrected chi connectivity index (χ3v) is 3.68. The van der Waals surface area contributed by atoms with Crippen LogP contribution in [-0.2, 0) is 11.8 Å². The average Bonchev–Trinajstić information content (AvgIpc) is 3.02. The first-order chi connectivity index (χ1) is 11.1. The van der Waals surface area contributed by atoms with Crippen LogP contribution in [0, 0.1) is 0 Å². The Hall–Kier alpha value is -2.29. The van der Waals surface area contributed by atoms with Crippen LogP contribution in [0.4, 0.5) is 15.3 Å². The fraction of sp³-hybridized carbons (Fsp3) is 0.667. The molecule has 0 aliphatic carbocycles. The van der Waals surface area contributed by atoms with Gasteiger partial charge in [0.05, 0.1) is 30.6 Å². The van der Waals surface area contributed by atoms with Gasteiger partial charge in [-0.25, -0.2) is 9.59 Å². The lowest BCUT2D eigenvalue weighted by atomic mass is 10.2. The molecule has 2 rings (SSSR count). The van der Waals surface area contributed by atoms with Gasteiger partial charge in [-0.05, 0) is 20.8 Å². The van der Waals surface area contributed by atoms with E-state index in [-0.39, 0.29) is 19.1 Å². The number of aliphatic hydroxyl groups is 1. The first kappa shape index (κ1) is 18.1. The number of nitrogens with one attached hydrogen (secondary N) is 1. The van der Waals surface area contributed by atoms with Crippen LogP contribution >= 0.6 is 0 Å². The monoisotopic (exact) mass is 339 g/mol. The van der Waals surface area contributed by atoms with Gasteiger partial charge in [0.25, 0.3) is 0 Å². The minimum absolute atomic E-state index is 0.129. The second-order valence-electron chi connectivity index (χ2n) is 6.96. The zero-order chi connectivity index (χ0) is 18.1. The summed E-state index contributed by atoms with van der Waals surface area (Å²) in [5.74, 6) is 0. The Morgan fingerprint density at radius 3 is 2.62 bits per heavy atom. The van der Waals surface area contributed by atoms with Crippen LogP contribution in [0.5, 0.6) is 0 Å². The topological polar surface area (TPSA) is 99.9 Å². The molecule has 3 amide bonds. The highest BCUT2D eigenvalue weighted by atomic mass is 16.6. The van der Waals surface area contributed by atoms with Gasteiger partial charge < -0.3 is 25.0 Å². The number of nitrogens with zero attached hydrogens (tertiary/aromatic N) is 4. The number of urea groups is 1. The predicted molar refractivity (Wildman–Crippen MR) is 87.6 cm³/mol. The molecule has 9 nitrogen and oxygen atoms in total. The predicted octanol–water partition coefficient (Wildman–Crippen LogP) is 0.864. The summed E-state index contributed by atoms with van der Waals surface area (Å²) in [5.41, 5.74) is -0.0465. The van der Waals surface area contributed by atoms with E-state index in [4.69, 9.17) is 4.74 Å². The standard InChI is InChI=1S/C15H25N5O4/c1-15(2,3)24-14(23)20-8-11(12(21)9-20)19(5)13(22)17-10-6-16-18(4)7-10/h6-7,11-12,21H,8-9H2,1-5H3,(H,17,22)/t11-,12-/m1/s1. The van der Waals surface area contributed by atoms with Gasteiger partial charge in [0.2, 0.25) is 0 Å². The Morgan fingerprint density at radius 2 is 2.08 bits per heavy atom. The molecule has 1 aliphatic rings. The van der Waals surface area contributed by atoms with Crippen molar-refractivity contribution >= 4 is 17.8 Å². The molecule has 2 heterocycles. The summed E-state index contributed by atoms with van der Waals surface area (Å²) in [7, 11) is 3.33. The summed E-state index contributed by atoms with van der Waals surface area (Å²) < 4.78 is 6.88. The lowest BCUT2D eigenvalue weighted by Gasteiger charge is -2.27. The van der Waals surface area contributed by atoms with E-state index < -0.39 is 23.8 Å². The first-order valence-electron chi connectivity index (χ1n) is 7.75. The number of ether oxygens (including phenoxy) is 1. The maximum absolute atomic E-state index is 12.3. The van der Waals surface area contributed by atoms with Crippen LogP contribution in [0.2, 0.25) is 0 Å². The van der Waals surface area contributed by atoms with E-state index >= 15 is 0 Å². The number of rotatable bonds is 2. The molecule has 1 aliphatic heterocycles. The second-order valence-corrected chi connectivity index (χ2v) is 6.96. The number of carbonyl (C=O) groups is 2. The van der Waals surface area contributed by atoms with Crippen molar-refractivity contribution in [3.8, 4) is 0 Å². The summed E-state index contributed by atoms with van der Waals surface area (Å²) in [5, 5.41) is 16.9. The number of likely N-dealkylation sites (tertiary alicyclic amines) is 1. The summed E-state index contributed by atoms with van der Waals surface area (Å²) in [6, 6.07) is -0.882. The molecule has 9 heteroatoms. The molecular formula is C15H25N5O4. The van der Waals surface area contributed by atoms with Crippen molar-refractivity contribution in [3.63, 3.8) is 0 Å². The molecule has 1 fully saturated rings. The van der Waals surface area contributed by atoms with Gasteiger partial charge in [-0.3, -0.25) is 4.68 Å². The molecule has 0 radical (unpaired) electrons. The second kappa shape index (κ2) is 6.68. The number of aryl methyl sites for hydroxylation is 1. The van der Waals surface area contributed by atoms with Gasteiger partial charge >= 0.3 is 12.1 Å². The van der Waals surface area contributed by atoms with Crippen molar-refractivity contribution < 1.29 is 19.4 Å². The van der Waals surface area contributed by atoms with Gasteiger partial charge in [0.15, 0.2) is 0 Å². The number of likely N-dealkylation sites (N-methyl/N-ethyl adjacent to an activating group) is 1. The van der Waals surface area contributed by atoms with E-state index in [2.05, 4.69) is 10.4 Å². The third-order valence-electron chi connectivity index (χ3n) is 3.68. The number of aromatic nitrogens is 2. The van der Waals surface area contributed by atoms with Crippen LogP contribution < -0.4 is 5.32 Å². The lowest BCUT2D eigenvalue weighted by Crippen LogP contribution is -2.46. The van der Waals surface area contributed by atoms with E-state index in [1.807, 2.05) is 0 Å². The molecule has 2 N–H and O–H groups in total. The highest BCUT2D eigenvalue weighted by molar-refractivity contribution is 5.89. The van der Waals surface area contributed by atoms with Crippen molar-refractivity contribution in [2.45, 2.75) is 38.5 Å². The normalized spacial score (nSPS) is 20.8. The number of β-amino-alcohol motifs (C(OH)–C–C–N with tert-alkyl or cyclic N) is 1. The van der Waals surface area contributed by atoms with Crippen LogP contribution in [-0.4, -0.2) is 74.7 Å². The largest absolute Gasteiger partial charge is 0.444 e. The Morgan fingerprint density at radius 1 is 1.42 bits per heavy atom. The zero-order valence-electron chi connectivity index (χ0n) is 14.7. The minimum Gasteiger partial charge on any atom is -0.444 e. The molecular weight excluding hydrogens is 314 g/mol. The summed E-state index contributed by atoms with van der Waals surface area (Å²) >= 11 is 0. The van der Waals surface area contributed by atoms with Gasteiger partial charge in [-0.1, -0.05) is 0 Å². The van der Waals surface area contributed by atoms with Gasteiger partial charge in [0, 0.05) is 26.8 Å². The molecule has 24 heavy (non-hydrogen) atoms. The first-order valence-corrected chi connectivity index (χ1v) is 7.75. The van der Waals surface area contributed by atoms with Crippen molar-refractivity contribution in [2.75, 3.05) is 25.5 Å². The van der Waals surface area contributed by atoms with Crippen molar-refractivity contribution in [1.82, 2.24) is 19.6 Å². The van der Waals surface area contributed by atoms with Crippen LogP contribution in [0.25, 0.3) is 0 Å². The van der Waals surface area contributed by atoms with Crippen molar-refractivity contribution in [3.05, 3.63) is 12.4 Å². The molecule has 0 bridgehead atoms. The maximum Gasteiger partial charge on any atom is 0.410 e. The molecule has 1 aromatic rings. The molecule has 0 saturated carbocycles. The van der Waals surface area contributed by atoms with Crippen LogP contribution in [0.15, 0.2) is 12.4 Å². The molecule has 2 atom stereocenters. The zero-order valence-corrected chi connectivity index (χ0v) is 14.7. The third kappa shape index (κ3) is 4.38. The van der Waals surface area contributed by atoms with Gasteiger partial charge in [-0.2, -0.15) is 5.10 Å². The molecule has 1 aromatic heterocycles. The van der Waals surface area contributed by atoms with E-state index in [0.29, 0.717) is 5.69 Å². The van der Waals surface area contributed by atoms with Crippen molar-refractivity contribution in [1.29, 1.82) is 0 Å². The molecule has 0 unspecified atom stereocenters. The van der Waals surface area contributed by atoms with E-state index in [9.17, 15) is 14.7 Å². The summed E-state index contributed by atoms with van der Waals surface area (Å²) in [6.07, 6.45) is 1.88. The van der Waals surface area contributed by atoms with Gasteiger partial charge in [-0.15, -0.1) is 0 Å². The molecule has 1 saturated heterocycles. The van der Waals surface area contributed by atoms with Crippen molar-refractivity contribution in [2.24, 2.45) is 7.05 Å². The quantitative estimate of drug-likeness (QED) is 0.832. The highest BCUT2D eigenvalue weighted by Gasteiger charge is 2.39. The Bertz CT molecular complexity index is 609. The minimum atomic E-state index is -0.831. The van der Waals surface area contributed by atoms with E-state index in [1.54, 1.807) is 45.7 Å². The Labute approximate surface area is 141 Å². The van der Waals surface area contributed by atoms with Gasteiger partial charge in [0.1, 0.15) is 5.60 Å². The molecule has 0 spiro atoms. The molecule has 0 aromatic carbocycles. The number of aliphatic hydroxyl groups excluding tert-OH is 1. The molecule has 134 valence electrons.